The minimum Gasteiger partial charge on any atom is -0.330 e. The normalized spacial score (nSPS) is 22.5. The summed E-state index contributed by atoms with van der Waals surface area (Å²) in [7, 11) is 0. The largest absolute Gasteiger partial charge is 0.330 e. The smallest absolute Gasteiger partial charge is 0.188 e. The Morgan fingerprint density at radius 3 is 2.40 bits per heavy atom. The fourth-order valence-electron chi connectivity index (χ4n) is 2.02. The molecular formula is C11H23O2PS. The van der Waals surface area contributed by atoms with Crippen LogP contribution in [0.2, 0.25) is 0 Å². The van der Waals surface area contributed by atoms with Crippen LogP contribution in [0, 0.1) is 0 Å². The average molecular weight is 250 g/mol. The van der Waals surface area contributed by atoms with Crippen molar-refractivity contribution in [2.75, 3.05) is 12.8 Å². The quantitative estimate of drug-likeness (QED) is 0.661. The lowest BCUT2D eigenvalue weighted by Crippen LogP contribution is -2.16. The van der Waals surface area contributed by atoms with Gasteiger partial charge in [0, 0.05) is 6.16 Å². The molecule has 1 saturated carbocycles. The highest BCUT2D eigenvalue weighted by Gasteiger charge is 2.24. The highest BCUT2D eigenvalue weighted by Crippen LogP contribution is 2.51. The topological polar surface area (TPSA) is 18.5 Å². The molecule has 90 valence electrons. The third kappa shape index (κ3) is 4.95. The summed E-state index contributed by atoms with van der Waals surface area (Å²) in [6.45, 7) is 2.87. The van der Waals surface area contributed by atoms with Gasteiger partial charge in [0.15, 0.2) is 6.49 Å². The predicted octanol–water partition coefficient (Wildman–Crippen LogP) is 4.09. The molecule has 0 heterocycles. The van der Waals surface area contributed by atoms with E-state index in [2.05, 4.69) is 6.92 Å². The zero-order valence-corrected chi connectivity index (χ0v) is 11.6. The van der Waals surface area contributed by atoms with E-state index in [1.165, 1.54) is 32.1 Å². The van der Waals surface area contributed by atoms with Crippen molar-refractivity contribution in [3.63, 3.8) is 0 Å². The molecule has 15 heavy (non-hydrogen) atoms. The molecule has 2 nitrogen and oxygen atoms in total. The van der Waals surface area contributed by atoms with Crippen LogP contribution in [0.5, 0.6) is 0 Å². The van der Waals surface area contributed by atoms with E-state index in [9.17, 15) is 0 Å². The van der Waals surface area contributed by atoms with Crippen LogP contribution in [0.4, 0.5) is 0 Å². The molecule has 1 aliphatic carbocycles. The average Bonchev–Trinajstić information content (AvgIpc) is 2.19. The molecule has 1 rings (SSSR count). The van der Waals surface area contributed by atoms with Gasteiger partial charge in [0.05, 0.1) is 12.7 Å². The molecule has 1 unspecified atom stereocenters. The SMILES string of the molecule is CCCP(=S)(OCC)OC1CCCCC1. The van der Waals surface area contributed by atoms with E-state index in [-0.39, 0.29) is 0 Å². The maximum atomic E-state index is 6.06. The van der Waals surface area contributed by atoms with Crippen molar-refractivity contribution in [2.45, 2.75) is 58.5 Å². The molecule has 1 aliphatic rings. The van der Waals surface area contributed by atoms with E-state index in [0.717, 1.165) is 12.6 Å². The lowest BCUT2D eigenvalue weighted by Gasteiger charge is -2.29. The van der Waals surface area contributed by atoms with Crippen molar-refractivity contribution in [2.24, 2.45) is 0 Å². The summed E-state index contributed by atoms with van der Waals surface area (Å²) in [6.07, 6.45) is 8.64. The Balaban J connectivity index is 2.45. The lowest BCUT2D eigenvalue weighted by molar-refractivity contribution is 0.141. The van der Waals surface area contributed by atoms with Gasteiger partial charge in [-0.2, -0.15) is 0 Å². The molecule has 0 saturated heterocycles. The third-order valence-electron chi connectivity index (χ3n) is 2.69. The molecule has 0 aromatic rings. The molecule has 0 N–H and O–H groups in total. The van der Waals surface area contributed by atoms with Crippen molar-refractivity contribution in [1.82, 2.24) is 0 Å². The van der Waals surface area contributed by atoms with E-state index in [1.54, 1.807) is 0 Å². The van der Waals surface area contributed by atoms with Crippen LogP contribution in [-0.4, -0.2) is 18.9 Å². The highest BCUT2D eigenvalue weighted by molar-refractivity contribution is 8.09. The summed E-state index contributed by atoms with van der Waals surface area (Å²) in [5.74, 6) is 0. The monoisotopic (exact) mass is 250 g/mol. The Hall–Kier alpha value is 0.570. The first kappa shape index (κ1) is 13.6. The van der Waals surface area contributed by atoms with Crippen LogP contribution < -0.4 is 0 Å². The van der Waals surface area contributed by atoms with Gasteiger partial charge in [-0.25, -0.2) is 0 Å². The Morgan fingerprint density at radius 1 is 1.20 bits per heavy atom. The summed E-state index contributed by atoms with van der Waals surface area (Å²) in [5.41, 5.74) is 0. The maximum Gasteiger partial charge on any atom is 0.188 e. The van der Waals surface area contributed by atoms with E-state index >= 15 is 0 Å². The molecule has 0 aromatic heterocycles. The van der Waals surface area contributed by atoms with Crippen molar-refractivity contribution >= 4 is 18.3 Å². The third-order valence-corrected chi connectivity index (χ3v) is 6.07. The second kappa shape index (κ2) is 7.01. The maximum absolute atomic E-state index is 6.06. The summed E-state index contributed by atoms with van der Waals surface area (Å²) in [6, 6.07) is 0. The second-order valence-corrected chi connectivity index (χ2v) is 7.92. The predicted molar refractivity (Wildman–Crippen MR) is 69.0 cm³/mol. The minimum absolute atomic E-state index is 0.377. The van der Waals surface area contributed by atoms with Crippen LogP contribution >= 0.6 is 6.49 Å². The molecule has 4 heteroatoms. The van der Waals surface area contributed by atoms with E-state index in [0.29, 0.717) is 12.7 Å². The molecule has 1 atom stereocenters. The summed E-state index contributed by atoms with van der Waals surface area (Å²) >= 11 is 5.55. The van der Waals surface area contributed by atoms with Gasteiger partial charge in [-0.05, 0) is 38.0 Å². The molecule has 0 aliphatic heterocycles. The van der Waals surface area contributed by atoms with Gasteiger partial charge in [-0.15, -0.1) is 0 Å². The molecule has 0 aromatic carbocycles. The van der Waals surface area contributed by atoms with E-state index < -0.39 is 6.49 Å². The van der Waals surface area contributed by atoms with Crippen LogP contribution in [0.15, 0.2) is 0 Å². The first-order valence-electron chi connectivity index (χ1n) is 6.12. The summed E-state index contributed by atoms with van der Waals surface area (Å²) in [4.78, 5) is 0. The van der Waals surface area contributed by atoms with Gasteiger partial charge >= 0.3 is 0 Å². The lowest BCUT2D eigenvalue weighted by atomic mass is 9.98. The van der Waals surface area contributed by atoms with Gasteiger partial charge in [-0.1, -0.05) is 26.2 Å². The number of hydrogen-bond acceptors (Lipinski definition) is 3. The summed E-state index contributed by atoms with van der Waals surface area (Å²) < 4.78 is 11.7. The van der Waals surface area contributed by atoms with Gasteiger partial charge in [0.25, 0.3) is 0 Å². The van der Waals surface area contributed by atoms with Crippen LogP contribution in [0.1, 0.15) is 52.4 Å². The van der Waals surface area contributed by atoms with Crippen molar-refractivity contribution in [1.29, 1.82) is 0 Å². The Morgan fingerprint density at radius 2 is 1.87 bits per heavy atom. The molecule has 1 fully saturated rings. The number of rotatable bonds is 6. The first-order valence-corrected chi connectivity index (χ1v) is 8.94. The molecule has 0 bridgehead atoms. The minimum atomic E-state index is -1.95. The van der Waals surface area contributed by atoms with E-state index in [4.69, 9.17) is 20.9 Å². The Labute approximate surface area is 98.9 Å². The van der Waals surface area contributed by atoms with Crippen molar-refractivity contribution in [3.05, 3.63) is 0 Å². The zero-order valence-electron chi connectivity index (χ0n) is 9.91. The summed E-state index contributed by atoms with van der Waals surface area (Å²) in [5, 5.41) is 0. The van der Waals surface area contributed by atoms with Crippen molar-refractivity contribution < 1.29 is 9.05 Å². The van der Waals surface area contributed by atoms with Gasteiger partial charge in [0.2, 0.25) is 0 Å². The van der Waals surface area contributed by atoms with Crippen molar-refractivity contribution in [3.8, 4) is 0 Å². The zero-order chi connectivity index (χ0) is 11.1. The van der Waals surface area contributed by atoms with Gasteiger partial charge < -0.3 is 9.05 Å². The highest BCUT2D eigenvalue weighted by atomic mass is 32.5. The number of hydrogen-bond donors (Lipinski definition) is 0. The first-order chi connectivity index (χ1) is 7.20. The molecule has 0 amide bonds. The Kier molecular flexibility index (Phi) is 6.37. The standard InChI is InChI=1S/C11H23O2PS/c1-3-10-14(15,12-4-2)13-11-8-6-5-7-9-11/h11H,3-10H2,1-2H3. The van der Waals surface area contributed by atoms with Crippen LogP contribution in [0.25, 0.3) is 0 Å². The van der Waals surface area contributed by atoms with E-state index in [1.807, 2.05) is 6.92 Å². The Bertz CT molecular complexity index is 205. The van der Waals surface area contributed by atoms with Crippen LogP contribution in [-0.2, 0) is 20.9 Å². The molecule has 0 spiro atoms. The van der Waals surface area contributed by atoms with Gasteiger partial charge in [-0.3, -0.25) is 0 Å². The molecular weight excluding hydrogens is 227 g/mol. The fraction of sp³-hybridized carbons (Fsp3) is 1.00. The molecule has 0 radical (unpaired) electrons. The second-order valence-electron chi connectivity index (χ2n) is 4.12. The van der Waals surface area contributed by atoms with Gasteiger partial charge in [0.1, 0.15) is 0 Å². The van der Waals surface area contributed by atoms with Crippen LogP contribution in [0.3, 0.4) is 0 Å². The fourth-order valence-corrected chi connectivity index (χ4v) is 5.15.